The molecule has 0 unspecified atom stereocenters. The first-order chi connectivity index (χ1) is 21.3. The van der Waals surface area contributed by atoms with E-state index in [0.29, 0.717) is 17.4 Å². The van der Waals surface area contributed by atoms with E-state index in [9.17, 15) is 57.9 Å². The minimum absolute atomic E-state index is 0.0269. The molecule has 0 spiro atoms. The number of nitrogens with zero attached hydrogens (tertiary/aromatic N) is 2. The van der Waals surface area contributed by atoms with Gasteiger partial charge in [0.25, 0.3) is 0 Å². The number of phenolic OH excluding ortho intramolecular Hbond substituents is 2. The predicted molar refractivity (Wildman–Crippen MR) is 146 cm³/mol. The van der Waals surface area contributed by atoms with Gasteiger partial charge in [-0.1, -0.05) is 17.7 Å². The summed E-state index contributed by atoms with van der Waals surface area (Å²) in [7, 11) is -1.96. The lowest BCUT2D eigenvalue weighted by atomic mass is 9.72. The van der Waals surface area contributed by atoms with Gasteiger partial charge in [-0.25, -0.2) is 18.4 Å². The van der Waals surface area contributed by atoms with E-state index in [1.54, 1.807) is 0 Å². The summed E-state index contributed by atoms with van der Waals surface area (Å²) in [6.45, 7) is -0.516. The average Bonchev–Trinajstić information content (AvgIpc) is 2.99. The zero-order valence-electron chi connectivity index (χ0n) is 22.8. The zero-order valence-corrected chi connectivity index (χ0v) is 23.5. The Bertz CT molecular complexity index is 1600. The fourth-order valence-electron chi connectivity index (χ4n) is 4.68. The maximum absolute atomic E-state index is 14.4. The van der Waals surface area contributed by atoms with Crippen molar-refractivity contribution in [2.45, 2.75) is 18.4 Å². The molecule has 0 radical (unpaired) electrons. The van der Waals surface area contributed by atoms with Gasteiger partial charge in [-0.15, -0.1) is 0 Å². The first kappa shape index (κ1) is 32.7. The summed E-state index contributed by atoms with van der Waals surface area (Å²) in [5.74, 6) is -12.2. The molecule has 2 aromatic rings. The van der Waals surface area contributed by atoms with Gasteiger partial charge in [-0.2, -0.15) is 0 Å². The van der Waals surface area contributed by atoms with E-state index in [2.05, 4.69) is 16.0 Å². The summed E-state index contributed by atoms with van der Waals surface area (Å²) in [6.07, 6.45) is 0.0703. The van der Waals surface area contributed by atoms with Gasteiger partial charge >= 0.3 is 30.9 Å². The van der Waals surface area contributed by atoms with Gasteiger partial charge in [0.1, 0.15) is 23.2 Å². The van der Waals surface area contributed by atoms with Crippen molar-refractivity contribution in [3.8, 4) is 17.2 Å². The number of aromatic carboxylic acids is 1. The van der Waals surface area contributed by atoms with E-state index >= 15 is 0 Å². The standard InChI is InChI=1S/C25H23BClF2N5O11/c27-16-11(8-13(29)18(36)19(16)37)17(32-25(43)34-6-5-33(4-3-30-9-35)22(39)23(34)40)21(38)31-14-7-10-1-2-12(28)15(24(41)42)20(10)45-26(14)44/h1-2,8-9,14,17,36-37,44H,3-7H2,(H,30,35)(H,31,38)(H,32,43)(H,41,42)/t14-,17+/m0/s1. The number of phenols is 2. The quantitative estimate of drug-likeness (QED) is 0.0572. The molecule has 16 nitrogen and oxygen atoms in total. The van der Waals surface area contributed by atoms with E-state index < -0.39 is 93.9 Å². The molecule has 1 fully saturated rings. The van der Waals surface area contributed by atoms with E-state index in [4.69, 9.17) is 16.3 Å². The topological polar surface area (TPSA) is 235 Å². The van der Waals surface area contributed by atoms with Crippen LogP contribution >= 0.6 is 11.6 Å². The number of urea groups is 1. The number of carbonyl (C=O) groups is 6. The Morgan fingerprint density at radius 2 is 1.84 bits per heavy atom. The fraction of sp³-hybridized carbons (Fsp3) is 0.280. The van der Waals surface area contributed by atoms with Crippen molar-refractivity contribution in [1.82, 2.24) is 25.8 Å². The highest BCUT2D eigenvalue weighted by Crippen LogP contribution is 2.40. The van der Waals surface area contributed by atoms with Gasteiger partial charge in [0.2, 0.25) is 12.3 Å². The molecule has 2 aliphatic heterocycles. The second-order valence-corrected chi connectivity index (χ2v) is 10.1. The first-order valence-corrected chi connectivity index (χ1v) is 13.3. The molecule has 0 aromatic heterocycles. The molecule has 6 amide bonds. The molecule has 0 aliphatic carbocycles. The molecule has 7 N–H and O–H groups in total. The number of carboxylic acids is 1. The minimum atomic E-state index is -2.04. The third kappa shape index (κ3) is 6.53. The fourth-order valence-corrected chi connectivity index (χ4v) is 4.94. The lowest BCUT2D eigenvalue weighted by Crippen LogP contribution is -2.60. The second kappa shape index (κ2) is 13.2. The molecule has 4 rings (SSSR count). The third-order valence-electron chi connectivity index (χ3n) is 6.95. The van der Waals surface area contributed by atoms with Crippen LogP contribution in [0.5, 0.6) is 17.2 Å². The number of nitrogens with one attached hydrogen (secondary N) is 3. The number of hydrogen-bond acceptors (Lipinski definition) is 10. The highest BCUT2D eigenvalue weighted by molar-refractivity contribution is 6.47. The van der Waals surface area contributed by atoms with Crippen LogP contribution in [0.1, 0.15) is 27.5 Å². The maximum atomic E-state index is 14.4. The number of fused-ring (bicyclic) bond motifs is 1. The van der Waals surface area contributed by atoms with E-state index in [1.807, 2.05) is 0 Å². The average molecular weight is 654 g/mol. The van der Waals surface area contributed by atoms with Gasteiger partial charge < -0.3 is 45.8 Å². The van der Waals surface area contributed by atoms with Crippen LogP contribution in [0.3, 0.4) is 0 Å². The molecule has 238 valence electrons. The van der Waals surface area contributed by atoms with Gasteiger partial charge in [0, 0.05) is 31.7 Å². The minimum Gasteiger partial charge on any atom is -0.534 e. The Morgan fingerprint density at radius 1 is 1.13 bits per heavy atom. The Labute approximate surface area is 256 Å². The van der Waals surface area contributed by atoms with Gasteiger partial charge in [0.05, 0.1) is 11.0 Å². The smallest absolute Gasteiger partial charge is 0.534 e. The largest absolute Gasteiger partial charge is 0.547 e. The number of carbonyl (C=O) groups excluding carboxylic acids is 5. The second-order valence-electron chi connectivity index (χ2n) is 9.71. The van der Waals surface area contributed by atoms with Crippen LogP contribution < -0.4 is 20.6 Å². The lowest BCUT2D eigenvalue weighted by Gasteiger charge is -2.34. The number of benzene rings is 2. The number of amides is 6. The Morgan fingerprint density at radius 3 is 2.51 bits per heavy atom. The number of piperazine rings is 1. The summed E-state index contributed by atoms with van der Waals surface area (Å²) >= 11 is 6.06. The van der Waals surface area contributed by atoms with Crippen molar-refractivity contribution >= 4 is 54.9 Å². The molecule has 2 heterocycles. The Hall–Kier alpha value is -5.17. The normalized spacial score (nSPS) is 16.8. The zero-order chi connectivity index (χ0) is 33.2. The van der Waals surface area contributed by atoms with Crippen LogP contribution in [-0.4, -0.2) is 106 Å². The number of aromatic hydroxyl groups is 2. The van der Waals surface area contributed by atoms with E-state index in [1.165, 1.54) is 0 Å². The van der Waals surface area contributed by atoms with Crippen LogP contribution in [0.25, 0.3) is 0 Å². The Balaban J connectivity index is 1.61. The summed E-state index contributed by atoms with van der Waals surface area (Å²) in [4.78, 5) is 75.4. The molecular formula is C25H23BClF2N5O11. The summed E-state index contributed by atoms with van der Waals surface area (Å²) in [5, 5.41) is 45.6. The van der Waals surface area contributed by atoms with Crippen molar-refractivity contribution in [3.63, 3.8) is 0 Å². The predicted octanol–water partition coefficient (Wildman–Crippen LogP) is -0.965. The van der Waals surface area contributed by atoms with E-state index in [-0.39, 0.29) is 38.2 Å². The van der Waals surface area contributed by atoms with Crippen molar-refractivity contribution < 1.29 is 62.5 Å². The summed E-state index contributed by atoms with van der Waals surface area (Å²) in [6, 6.07) is -0.860. The molecule has 2 aliphatic rings. The summed E-state index contributed by atoms with van der Waals surface area (Å²) in [5.41, 5.74) is -1.40. The molecule has 2 aromatic carbocycles. The number of carboxylic acid groups (broad SMARTS) is 1. The highest BCUT2D eigenvalue weighted by Gasteiger charge is 2.42. The number of rotatable bonds is 9. The molecule has 1 saturated heterocycles. The molecular weight excluding hydrogens is 631 g/mol. The number of imide groups is 1. The SMILES string of the molecule is O=CNCCN1CCN(C(=O)N[C@@H](C(=O)N[C@H]2Cc3ccc(F)c(C(=O)O)c3OB2O)c2cc(F)c(O)c(O)c2Cl)C(=O)C1=O. The van der Waals surface area contributed by atoms with Crippen molar-refractivity contribution in [3.05, 3.63) is 51.5 Å². The molecule has 45 heavy (non-hydrogen) atoms. The van der Waals surface area contributed by atoms with Crippen molar-refractivity contribution in [2.75, 3.05) is 26.2 Å². The molecule has 2 atom stereocenters. The molecule has 20 heteroatoms. The molecule has 0 bridgehead atoms. The third-order valence-corrected chi connectivity index (χ3v) is 7.35. The van der Waals surface area contributed by atoms with Crippen LogP contribution in [0.15, 0.2) is 18.2 Å². The van der Waals surface area contributed by atoms with Crippen molar-refractivity contribution in [2.24, 2.45) is 0 Å². The van der Waals surface area contributed by atoms with Crippen molar-refractivity contribution in [1.29, 1.82) is 0 Å². The lowest BCUT2D eigenvalue weighted by molar-refractivity contribution is -0.153. The van der Waals surface area contributed by atoms with Gasteiger partial charge in [-0.05, 0) is 24.1 Å². The van der Waals surface area contributed by atoms with Crippen LogP contribution in [-0.2, 0) is 25.6 Å². The summed E-state index contributed by atoms with van der Waals surface area (Å²) < 4.78 is 33.7. The first-order valence-electron chi connectivity index (χ1n) is 12.9. The van der Waals surface area contributed by atoms with Crippen LogP contribution in [0.2, 0.25) is 5.02 Å². The highest BCUT2D eigenvalue weighted by atomic mass is 35.5. The van der Waals surface area contributed by atoms with Gasteiger partial charge in [0.15, 0.2) is 17.3 Å². The van der Waals surface area contributed by atoms with Crippen LogP contribution in [0, 0.1) is 11.6 Å². The molecule has 0 saturated carbocycles. The van der Waals surface area contributed by atoms with Crippen LogP contribution in [0.4, 0.5) is 13.6 Å². The van der Waals surface area contributed by atoms with Gasteiger partial charge in [-0.3, -0.25) is 24.1 Å². The monoisotopic (exact) mass is 653 g/mol. The Kier molecular flexibility index (Phi) is 9.62. The maximum Gasteiger partial charge on any atom is 0.547 e. The number of hydrogen-bond donors (Lipinski definition) is 7. The number of halogens is 3. The van der Waals surface area contributed by atoms with E-state index in [0.717, 1.165) is 17.0 Å².